The molecule has 0 saturated carbocycles. The monoisotopic (exact) mass is 347 g/mol. The number of anilines is 1. The Kier molecular flexibility index (Phi) is 4.37. The third-order valence-corrected chi connectivity index (χ3v) is 3.92. The highest BCUT2D eigenvalue weighted by Crippen LogP contribution is 2.31. The first kappa shape index (κ1) is 15.6. The predicted octanol–water partition coefficient (Wildman–Crippen LogP) is 4.70. The zero-order valence-corrected chi connectivity index (χ0v) is 13.9. The van der Waals surface area contributed by atoms with Crippen LogP contribution in [0.5, 0.6) is 5.75 Å². The van der Waals surface area contributed by atoms with E-state index >= 15 is 0 Å². The minimum absolute atomic E-state index is 0.0551. The molecule has 21 heavy (non-hydrogen) atoms. The summed E-state index contributed by atoms with van der Waals surface area (Å²) in [4.78, 5) is 12.3. The summed E-state index contributed by atoms with van der Waals surface area (Å²) in [5, 5.41) is 12.7. The molecule has 0 saturated heterocycles. The Morgan fingerprint density at radius 2 is 1.81 bits per heavy atom. The standard InChI is InChI=1S/C17H18BrNO2/c1-17(2,3)11-8-9-15(20)14(10-11)19-16(21)12-6-4-5-7-13(12)18/h4-10,20H,1-3H3,(H,19,21). The van der Waals surface area contributed by atoms with Gasteiger partial charge in [0.2, 0.25) is 0 Å². The van der Waals surface area contributed by atoms with Gasteiger partial charge >= 0.3 is 0 Å². The zero-order valence-electron chi connectivity index (χ0n) is 12.3. The number of hydrogen-bond donors (Lipinski definition) is 2. The van der Waals surface area contributed by atoms with Crippen molar-refractivity contribution >= 4 is 27.5 Å². The van der Waals surface area contributed by atoms with Crippen LogP contribution in [0.15, 0.2) is 46.9 Å². The van der Waals surface area contributed by atoms with E-state index < -0.39 is 0 Å². The smallest absolute Gasteiger partial charge is 0.256 e. The number of phenols is 1. The van der Waals surface area contributed by atoms with E-state index in [0.717, 1.165) is 5.56 Å². The van der Waals surface area contributed by atoms with E-state index in [0.29, 0.717) is 15.7 Å². The van der Waals surface area contributed by atoms with E-state index in [4.69, 9.17) is 0 Å². The molecule has 0 aliphatic carbocycles. The van der Waals surface area contributed by atoms with Crippen LogP contribution in [-0.4, -0.2) is 11.0 Å². The molecule has 2 aromatic rings. The van der Waals surface area contributed by atoms with Crippen LogP contribution in [0.4, 0.5) is 5.69 Å². The number of benzene rings is 2. The molecule has 0 radical (unpaired) electrons. The molecule has 1 amide bonds. The number of amides is 1. The molecule has 0 fully saturated rings. The molecule has 2 rings (SSSR count). The lowest BCUT2D eigenvalue weighted by Crippen LogP contribution is -2.15. The van der Waals surface area contributed by atoms with Crippen molar-refractivity contribution in [3.8, 4) is 5.75 Å². The third kappa shape index (κ3) is 3.64. The average Bonchev–Trinajstić information content (AvgIpc) is 2.40. The molecular weight excluding hydrogens is 330 g/mol. The quantitative estimate of drug-likeness (QED) is 0.773. The third-order valence-electron chi connectivity index (χ3n) is 3.23. The van der Waals surface area contributed by atoms with Gasteiger partial charge in [-0.2, -0.15) is 0 Å². The molecule has 2 aromatic carbocycles. The van der Waals surface area contributed by atoms with Crippen molar-refractivity contribution < 1.29 is 9.90 Å². The lowest BCUT2D eigenvalue weighted by Gasteiger charge is -2.20. The minimum Gasteiger partial charge on any atom is -0.506 e. The van der Waals surface area contributed by atoms with E-state index in [-0.39, 0.29) is 17.1 Å². The molecule has 0 aromatic heterocycles. The van der Waals surface area contributed by atoms with Crippen LogP contribution in [0.1, 0.15) is 36.7 Å². The van der Waals surface area contributed by atoms with Gasteiger partial charge in [-0.25, -0.2) is 0 Å². The lowest BCUT2D eigenvalue weighted by molar-refractivity contribution is 0.102. The Morgan fingerprint density at radius 1 is 1.14 bits per heavy atom. The second kappa shape index (κ2) is 5.90. The lowest BCUT2D eigenvalue weighted by atomic mass is 9.87. The number of rotatable bonds is 2. The molecule has 0 heterocycles. The van der Waals surface area contributed by atoms with Gasteiger partial charge in [0.25, 0.3) is 5.91 Å². The zero-order chi connectivity index (χ0) is 15.6. The van der Waals surface area contributed by atoms with Gasteiger partial charge in [-0.3, -0.25) is 4.79 Å². The van der Waals surface area contributed by atoms with Gasteiger partial charge in [0.15, 0.2) is 0 Å². The Bertz CT molecular complexity index is 675. The van der Waals surface area contributed by atoms with Gasteiger partial charge in [0.1, 0.15) is 5.75 Å². The first-order valence-electron chi connectivity index (χ1n) is 6.68. The van der Waals surface area contributed by atoms with Gasteiger partial charge < -0.3 is 10.4 Å². The topological polar surface area (TPSA) is 49.3 Å². The minimum atomic E-state index is -0.260. The second-order valence-electron chi connectivity index (χ2n) is 5.92. The van der Waals surface area contributed by atoms with E-state index in [9.17, 15) is 9.90 Å². The SMILES string of the molecule is CC(C)(C)c1ccc(O)c(NC(=O)c2ccccc2Br)c1. The highest BCUT2D eigenvalue weighted by molar-refractivity contribution is 9.10. The maximum Gasteiger partial charge on any atom is 0.256 e. The summed E-state index contributed by atoms with van der Waals surface area (Å²) in [5.74, 6) is -0.202. The van der Waals surface area contributed by atoms with Crippen molar-refractivity contribution in [3.05, 3.63) is 58.1 Å². The molecule has 0 atom stereocenters. The molecule has 0 spiro atoms. The van der Waals surface area contributed by atoms with Crippen molar-refractivity contribution in [2.75, 3.05) is 5.32 Å². The Balaban J connectivity index is 2.31. The molecular formula is C17H18BrNO2. The summed E-state index contributed by atoms with van der Waals surface area (Å²) >= 11 is 3.35. The molecule has 4 heteroatoms. The Morgan fingerprint density at radius 3 is 2.43 bits per heavy atom. The predicted molar refractivity (Wildman–Crippen MR) is 88.9 cm³/mol. The fourth-order valence-electron chi connectivity index (χ4n) is 1.94. The Labute approximate surface area is 133 Å². The van der Waals surface area contributed by atoms with Crippen LogP contribution in [0.25, 0.3) is 0 Å². The molecule has 3 nitrogen and oxygen atoms in total. The highest BCUT2D eigenvalue weighted by Gasteiger charge is 2.17. The fraction of sp³-hybridized carbons (Fsp3) is 0.235. The van der Waals surface area contributed by atoms with Crippen molar-refractivity contribution in [1.82, 2.24) is 0 Å². The van der Waals surface area contributed by atoms with Crippen molar-refractivity contribution in [2.24, 2.45) is 0 Å². The summed E-state index contributed by atoms with van der Waals surface area (Å²) in [6, 6.07) is 12.5. The molecule has 0 unspecified atom stereocenters. The number of halogens is 1. The van der Waals surface area contributed by atoms with Crippen LogP contribution < -0.4 is 5.32 Å². The summed E-state index contributed by atoms with van der Waals surface area (Å²) in [6.07, 6.45) is 0. The maximum atomic E-state index is 12.3. The van der Waals surface area contributed by atoms with Gasteiger partial charge in [0.05, 0.1) is 11.3 Å². The number of carbonyl (C=O) groups excluding carboxylic acids is 1. The average molecular weight is 348 g/mol. The molecule has 2 N–H and O–H groups in total. The normalized spacial score (nSPS) is 11.2. The molecule has 0 aliphatic rings. The van der Waals surface area contributed by atoms with Crippen molar-refractivity contribution in [3.63, 3.8) is 0 Å². The summed E-state index contributed by atoms with van der Waals surface area (Å²) < 4.78 is 0.717. The fourth-order valence-corrected chi connectivity index (χ4v) is 2.40. The van der Waals surface area contributed by atoms with Crippen LogP contribution in [0.3, 0.4) is 0 Å². The van der Waals surface area contributed by atoms with Crippen LogP contribution in [-0.2, 0) is 5.41 Å². The summed E-state index contributed by atoms with van der Waals surface area (Å²) in [5.41, 5.74) is 1.93. The first-order valence-corrected chi connectivity index (χ1v) is 7.48. The maximum absolute atomic E-state index is 12.3. The number of carbonyl (C=O) groups is 1. The molecule has 110 valence electrons. The van der Waals surface area contributed by atoms with E-state index in [1.54, 1.807) is 24.3 Å². The van der Waals surface area contributed by atoms with Crippen LogP contribution >= 0.6 is 15.9 Å². The van der Waals surface area contributed by atoms with Gasteiger partial charge in [-0.15, -0.1) is 0 Å². The van der Waals surface area contributed by atoms with Gasteiger partial charge in [-0.1, -0.05) is 39.0 Å². The van der Waals surface area contributed by atoms with E-state index in [2.05, 4.69) is 42.0 Å². The van der Waals surface area contributed by atoms with Crippen LogP contribution in [0.2, 0.25) is 0 Å². The number of aromatic hydroxyl groups is 1. The van der Waals surface area contributed by atoms with Gasteiger partial charge in [0, 0.05) is 4.47 Å². The van der Waals surface area contributed by atoms with E-state index in [1.807, 2.05) is 18.2 Å². The Hall–Kier alpha value is -1.81. The van der Waals surface area contributed by atoms with Crippen LogP contribution in [0, 0.1) is 0 Å². The number of nitrogens with one attached hydrogen (secondary N) is 1. The summed E-state index contributed by atoms with van der Waals surface area (Å²) in [6.45, 7) is 6.25. The molecule has 0 aliphatic heterocycles. The second-order valence-corrected chi connectivity index (χ2v) is 6.77. The van der Waals surface area contributed by atoms with Crippen molar-refractivity contribution in [1.29, 1.82) is 0 Å². The summed E-state index contributed by atoms with van der Waals surface area (Å²) in [7, 11) is 0. The van der Waals surface area contributed by atoms with Crippen molar-refractivity contribution in [2.45, 2.75) is 26.2 Å². The van der Waals surface area contributed by atoms with Gasteiger partial charge in [-0.05, 0) is 51.2 Å². The highest BCUT2D eigenvalue weighted by atomic mass is 79.9. The number of phenolic OH excluding ortho intramolecular Hbond substituents is 1. The largest absolute Gasteiger partial charge is 0.506 e. The first-order chi connectivity index (χ1) is 9.79. The molecule has 0 bridgehead atoms. The van der Waals surface area contributed by atoms with E-state index in [1.165, 1.54) is 0 Å². The number of hydrogen-bond acceptors (Lipinski definition) is 2.